The summed E-state index contributed by atoms with van der Waals surface area (Å²) < 4.78 is 34.0. The van der Waals surface area contributed by atoms with E-state index in [-0.39, 0.29) is 9.92 Å². The second kappa shape index (κ2) is 9.19. The van der Waals surface area contributed by atoms with Crippen molar-refractivity contribution in [3.05, 3.63) is 68.7 Å². The molecule has 0 unspecified atom stereocenters. The van der Waals surface area contributed by atoms with E-state index in [1.54, 1.807) is 0 Å². The standard InChI is InChI=1S/C19H22ClN3O5S/c1-14-2-4-15(5-3-14)18(13-22-8-10-28-11-9-22)21-29(26,27)16-6-7-17(20)19(12-16)23(24)25/h2-7,12,18,21H,8-11,13H2,1H3/t18-/m0/s1. The molecule has 1 atom stereocenters. The van der Waals surface area contributed by atoms with Gasteiger partial charge in [0.05, 0.1) is 29.1 Å². The Balaban J connectivity index is 1.90. The average molecular weight is 440 g/mol. The predicted molar refractivity (Wildman–Crippen MR) is 110 cm³/mol. The molecule has 2 aromatic rings. The molecule has 1 N–H and O–H groups in total. The van der Waals surface area contributed by atoms with E-state index in [9.17, 15) is 18.5 Å². The molecule has 0 aliphatic carbocycles. The minimum Gasteiger partial charge on any atom is -0.379 e. The molecular weight excluding hydrogens is 418 g/mol. The van der Waals surface area contributed by atoms with E-state index in [2.05, 4.69) is 9.62 Å². The van der Waals surface area contributed by atoms with Crippen LogP contribution in [0.4, 0.5) is 5.69 Å². The Morgan fingerprint density at radius 3 is 2.48 bits per heavy atom. The van der Waals surface area contributed by atoms with E-state index in [0.29, 0.717) is 32.8 Å². The summed E-state index contributed by atoms with van der Waals surface area (Å²) in [5.41, 5.74) is 1.43. The summed E-state index contributed by atoms with van der Waals surface area (Å²) >= 11 is 5.81. The molecule has 0 amide bonds. The van der Waals surface area contributed by atoms with Crippen molar-refractivity contribution in [3.63, 3.8) is 0 Å². The largest absolute Gasteiger partial charge is 0.379 e. The number of nitro groups is 1. The van der Waals surface area contributed by atoms with Crippen molar-refractivity contribution >= 4 is 27.3 Å². The summed E-state index contributed by atoms with van der Waals surface area (Å²) in [5.74, 6) is 0. The third-order valence-corrected chi connectivity index (χ3v) is 6.54. The number of morpholine rings is 1. The molecule has 29 heavy (non-hydrogen) atoms. The quantitative estimate of drug-likeness (QED) is 0.525. The zero-order valence-electron chi connectivity index (χ0n) is 15.9. The van der Waals surface area contributed by atoms with Crippen LogP contribution < -0.4 is 4.72 Å². The number of sulfonamides is 1. The van der Waals surface area contributed by atoms with Gasteiger partial charge < -0.3 is 4.74 Å². The van der Waals surface area contributed by atoms with Crippen molar-refractivity contribution in [2.75, 3.05) is 32.8 Å². The Morgan fingerprint density at radius 1 is 1.21 bits per heavy atom. The summed E-state index contributed by atoms with van der Waals surface area (Å²) in [7, 11) is -4.01. The van der Waals surface area contributed by atoms with Crippen LogP contribution in [0.1, 0.15) is 17.2 Å². The topological polar surface area (TPSA) is 102 Å². The number of nitro benzene ring substituents is 1. The zero-order valence-corrected chi connectivity index (χ0v) is 17.4. The molecule has 3 rings (SSSR count). The molecule has 1 aliphatic rings. The third kappa shape index (κ3) is 5.52. The Kier molecular flexibility index (Phi) is 6.86. The highest BCUT2D eigenvalue weighted by molar-refractivity contribution is 7.89. The number of benzene rings is 2. The summed E-state index contributed by atoms with van der Waals surface area (Å²) in [4.78, 5) is 12.3. The average Bonchev–Trinajstić information content (AvgIpc) is 2.68. The van der Waals surface area contributed by atoms with Crippen molar-refractivity contribution in [3.8, 4) is 0 Å². The van der Waals surface area contributed by atoms with Gasteiger partial charge in [-0.25, -0.2) is 13.1 Å². The second-order valence-corrected chi connectivity index (χ2v) is 8.99. The van der Waals surface area contributed by atoms with Gasteiger partial charge in [0.2, 0.25) is 10.0 Å². The zero-order chi connectivity index (χ0) is 21.0. The maximum absolute atomic E-state index is 13.0. The molecule has 0 aromatic heterocycles. The molecule has 8 nitrogen and oxygen atoms in total. The SMILES string of the molecule is Cc1ccc([C@H](CN2CCOCC2)NS(=O)(=O)c2ccc(Cl)c([N+](=O)[O-])c2)cc1. The first-order chi connectivity index (χ1) is 13.8. The van der Waals surface area contributed by atoms with Gasteiger partial charge in [-0.05, 0) is 24.6 Å². The van der Waals surface area contributed by atoms with E-state index in [0.717, 1.165) is 17.2 Å². The van der Waals surface area contributed by atoms with Gasteiger partial charge in [-0.1, -0.05) is 41.4 Å². The maximum atomic E-state index is 13.0. The number of hydrogen-bond donors (Lipinski definition) is 1. The first-order valence-corrected chi connectivity index (χ1v) is 11.0. The van der Waals surface area contributed by atoms with Crippen molar-refractivity contribution in [2.45, 2.75) is 17.9 Å². The van der Waals surface area contributed by atoms with Crippen LogP contribution in [0.25, 0.3) is 0 Å². The number of nitrogens with one attached hydrogen (secondary N) is 1. The van der Waals surface area contributed by atoms with Crippen LogP contribution in [0, 0.1) is 17.0 Å². The molecule has 1 heterocycles. The van der Waals surface area contributed by atoms with E-state index in [1.165, 1.54) is 12.1 Å². The van der Waals surface area contributed by atoms with Crippen LogP contribution in [0.3, 0.4) is 0 Å². The molecule has 0 saturated carbocycles. The highest BCUT2D eigenvalue weighted by atomic mass is 35.5. The van der Waals surface area contributed by atoms with E-state index < -0.39 is 26.7 Å². The first-order valence-electron chi connectivity index (χ1n) is 9.09. The summed E-state index contributed by atoms with van der Waals surface area (Å²) in [5, 5.41) is 11.0. The highest BCUT2D eigenvalue weighted by Gasteiger charge is 2.26. The summed E-state index contributed by atoms with van der Waals surface area (Å²) in [6.07, 6.45) is 0. The van der Waals surface area contributed by atoms with Crippen molar-refractivity contribution in [1.29, 1.82) is 0 Å². The monoisotopic (exact) mass is 439 g/mol. The summed E-state index contributed by atoms with van der Waals surface area (Å²) in [6.45, 7) is 5.01. The van der Waals surface area contributed by atoms with Gasteiger partial charge in [-0.3, -0.25) is 15.0 Å². The Labute approximate surface area is 174 Å². The van der Waals surface area contributed by atoms with E-state index >= 15 is 0 Å². The molecule has 156 valence electrons. The lowest BCUT2D eigenvalue weighted by atomic mass is 10.1. The Morgan fingerprint density at radius 2 is 1.86 bits per heavy atom. The van der Waals surface area contributed by atoms with Crippen molar-refractivity contribution in [1.82, 2.24) is 9.62 Å². The van der Waals surface area contributed by atoms with Crippen LogP contribution in [0.2, 0.25) is 5.02 Å². The number of rotatable bonds is 7. The fourth-order valence-electron chi connectivity index (χ4n) is 3.11. The van der Waals surface area contributed by atoms with Gasteiger partial charge in [-0.15, -0.1) is 0 Å². The van der Waals surface area contributed by atoms with Crippen LogP contribution in [0.5, 0.6) is 0 Å². The second-order valence-electron chi connectivity index (χ2n) is 6.87. The van der Waals surface area contributed by atoms with Gasteiger partial charge in [0.15, 0.2) is 0 Å². The molecular formula is C19H22ClN3O5S. The van der Waals surface area contributed by atoms with Gasteiger partial charge in [0.25, 0.3) is 5.69 Å². The Bertz CT molecular complexity index is 976. The molecule has 0 bridgehead atoms. The fraction of sp³-hybridized carbons (Fsp3) is 0.368. The molecule has 2 aromatic carbocycles. The highest BCUT2D eigenvalue weighted by Crippen LogP contribution is 2.28. The lowest BCUT2D eigenvalue weighted by Gasteiger charge is -2.31. The van der Waals surface area contributed by atoms with Gasteiger partial charge >= 0.3 is 0 Å². The smallest absolute Gasteiger partial charge is 0.289 e. The number of hydrogen-bond acceptors (Lipinski definition) is 6. The minimum atomic E-state index is -4.01. The fourth-order valence-corrected chi connectivity index (χ4v) is 4.53. The van der Waals surface area contributed by atoms with Gasteiger partial charge in [0.1, 0.15) is 5.02 Å². The Hall–Kier alpha value is -2.04. The third-order valence-electron chi connectivity index (χ3n) is 4.75. The summed E-state index contributed by atoms with van der Waals surface area (Å²) in [6, 6.07) is 10.5. The molecule has 1 fully saturated rings. The predicted octanol–water partition coefficient (Wildman–Crippen LogP) is 2.91. The molecule has 1 saturated heterocycles. The van der Waals surface area contributed by atoms with E-state index in [1.807, 2.05) is 31.2 Å². The molecule has 0 spiro atoms. The number of aryl methyl sites for hydroxylation is 1. The van der Waals surface area contributed by atoms with Crippen LogP contribution in [0.15, 0.2) is 47.4 Å². The molecule has 0 radical (unpaired) electrons. The number of ether oxygens (including phenoxy) is 1. The maximum Gasteiger partial charge on any atom is 0.289 e. The van der Waals surface area contributed by atoms with Gasteiger partial charge in [-0.2, -0.15) is 0 Å². The normalized spacial score (nSPS) is 16.5. The van der Waals surface area contributed by atoms with Crippen LogP contribution >= 0.6 is 11.6 Å². The molecule has 10 heteroatoms. The minimum absolute atomic E-state index is 0.114. The first kappa shape index (κ1) is 21.7. The van der Waals surface area contributed by atoms with Crippen LogP contribution in [-0.4, -0.2) is 51.1 Å². The number of nitrogens with zero attached hydrogens (tertiary/aromatic N) is 2. The van der Waals surface area contributed by atoms with E-state index in [4.69, 9.17) is 16.3 Å². The number of halogens is 1. The van der Waals surface area contributed by atoms with Crippen LogP contribution in [-0.2, 0) is 14.8 Å². The lowest BCUT2D eigenvalue weighted by molar-refractivity contribution is -0.384. The lowest BCUT2D eigenvalue weighted by Crippen LogP contribution is -2.43. The van der Waals surface area contributed by atoms with Crippen molar-refractivity contribution < 1.29 is 18.1 Å². The molecule has 1 aliphatic heterocycles. The van der Waals surface area contributed by atoms with Gasteiger partial charge in [0, 0.05) is 25.7 Å². The van der Waals surface area contributed by atoms with Crippen molar-refractivity contribution in [2.24, 2.45) is 0 Å².